The molecule has 3 aromatic rings. The van der Waals surface area contributed by atoms with E-state index in [1.165, 1.54) is 24.7 Å². The van der Waals surface area contributed by atoms with Gasteiger partial charge in [-0.15, -0.1) is 11.3 Å². The van der Waals surface area contributed by atoms with Crippen LogP contribution in [0.25, 0.3) is 4.96 Å². The van der Waals surface area contributed by atoms with Crippen molar-refractivity contribution in [3.8, 4) is 5.75 Å². The number of benzene rings is 1. The molecule has 6 nitrogen and oxygen atoms in total. The quantitative estimate of drug-likeness (QED) is 0.526. The maximum atomic E-state index is 11.2. The average Bonchev–Trinajstić information content (AvgIpc) is 3.14. The molecular formula is C17H16N2O4S. The van der Waals surface area contributed by atoms with Crippen LogP contribution in [0, 0.1) is 0 Å². The molecule has 2 heterocycles. The van der Waals surface area contributed by atoms with Crippen LogP contribution >= 0.6 is 11.3 Å². The third-order valence-electron chi connectivity index (χ3n) is 3.37. The largest absolute Gasteiger partial charge is 0.504 e. The molecular weight excluding hydrogens is 328 g/mol. The number of fused-ring (bicyclic) bond motifs is 1. The number of hydrogen-bond acceptors (Lipinski definition) is 5. The predicted octanol–water partition coefficient (Wildman–Crippen LogP) is 3.13. The Bertz CT molecular complexity index is 867. The van der Waals surface area contributed by atoms with E-state index in [0.29, 0.717) is 6.61 Å². The monoisotopic (exact) mass is 344 g/mol. The molecule has 1 N–H and O–H groups in total. The summed E-state index contributed by atoms with van der Waals surface area (Å²) in [6.07, 6.45) is 3.39. The Morgan fingerprint density at radius 3 is 2.88 bits per heavy atom. The number of carboxylic acids is 1. The fraction of sp³-hybridized carbons (Fsp3) is 0.176. The summed E-state index contributed by atoms with van der Waals surface area (Å²) in [4.78, 5) is 16.5. The fourth-order valence-electron chi connectivity index (χ4n) is 2.25. The smallest absolute Gasteiger partial charge is 0.335 e. The van der Waals surface area contributed by atoms with Crippen molar-refractivity contribution in [1.29, 1.82) is 0 Å². The Morgan fingerprint density at radius 1 is 1.38 bits per heavy atom. The van der Waals surface area contributed by atoms with Gasteiger partial charge in [-0.2, -0.15) is 0 Å². The maximum absolute atomic E-state index is 11.2. The van der Waals surface area contributed by atoms with Crippen LogP contribution in [0.1, 0.15) is 11.4 Å². The minimum atomic E-state index is -0.996. The number of thiazole rings is 1. The number of ether oxygens (including phenoxy) is 2. The Balaban J connectivity index is 1.76. The van der Waals surface area contributed by atoms with Crippen molar-refractivity contribution >= 4 is 22.3 Å². The molecule has 124 valence electrons. The standard InChI is InChI=1S/C17H16N2O4S/c1-22-9-12(16(20)21)7-14-11-24-17-18-13(8-19(14)17)10-23-15-5-3-2-4-6-15/h2-6,8-9,11H,7,10H2,1H3,(H,20,21). The Hall–Kier alpha value is -2.80. The lowest BCUT2D eigenvalue weighted by Gasteiger charge is -2.03. The number of methoxy groups -OCH3 is 1. The number of nitrogens with zero attached hydrogens (tertiary/aromatic N) is 2. The van der Waals surface area contributed by atoms with Gasteiger partial charge in [0.2, 0.25) is 0 Å². The van der Waals surface area contributed by atoms with E-state index in [1.807, 2.05) is 46.3 Å². The summed E-state index contributed by atoms with van der Waals surface area (Å²) in [6, 6.07) is 9.53. The number of rotatable bonds is 7. The highest BCUT2D eigenvalue weighted by Crippen LogP contribution is 2.20. The Morgan fingerprint density at radius 2 is 2.17 bits per heavy atom. The van der Waals surface area contributed by atoms with E-state index in [0.717, 1.165) is 22.1 Å². The molecule has 0 aliphatic rings. The predicted molar refractivity (Wildman–Crippen MR) is 90.3 cm³/mol. The van der Waals surface area contributed by atoms with Gasteiger partial charge in [-0.3, -0.25) is 4.40 Å². The van der Waals surface area contributed by atoms with Crippen LogP contribution in [0.5, 0.6) is 5.75 Å². The van der Waals surface area contributed by atoms with Crippen LogP contribution in [0.15, 0.2) is 53.7 Å². The summed E-state index contributed by atoms with van der Waals surface area (Å²) in [6.45, 7) is 0.359. The van der Waals surface area contributed by atoms with E-state index in [9.17, 15) is 9.90 Å². The summed E-state index contributed by atoms with van der Waals surface area (Å²) in [5.74, 6) is -0.214. The first-order valence-corrected chi connectivity index (χ1v) is 8.12. The number of carbonyl (C=O) groups is 1. The highest BCUT2D eigenvalue weighted by Gasteiger charge is 2.14. The molecule has 3 rings (SSSR count). The van der Waals surface area contributed by atoms with E-state index in [4.69, 9.17) is 9.47 Å². The second-order valence-corrected chi connectivity index (χ2v) is 5.91. The number of aromatic nitrogens is 2. The molecule has 0 saturated carbocycles. The van der Waals surface area contributed by atoms with E-state index in [1.54, 1.807) is 0 Å². The van der Waals surface area contributed by atoms with Gasteiger partial charge >= 0.3 is 5.97 Å². The Kier molecular flexibility index (Phi) is 4.81. The number of carboxylic acid groups (broad SMARTS) is 1. The molecule has 0 spiro atoms. The molecule has 0 saturated heterocycles. The van der Waals surface area contributed by atoms with Gasteiger partial charge in [-0.1, -0.05) is 18.2 Å². The average molecular weight is 344 g/mol. The molecule has 0 amide bonds. The van der Waals surface area contributed by atoms with Crippen LogP contribution in [-0.2, 0) is 22.6 Å². The first-order valence-electron chi connectivity index (χ1n) is 7.24. The summed E-state index contributed by atoms with van der Waals surface area (Å²) in [7, 11) is 1.43. The minimum absolute atomic E-state index is 0.188. The van der Waals surface area contributed by atoms with Gasteiger partial charge in [0.05, 0.1) is 24.6 Å². The van der Waals surface area contributed by atoms with E-state index in [2.05, 4.69) is 4.98 Å². The summed E-state index contributed by atoms with van der Waals surface area (Å²) >= 11 is 1.46. The normalized spacial score (nSPS) is 11.6. The Labute approximate surface area is 142 Å². The number of para-hydroxylation sites is 1. The fourth-order valence-corrected chi connectivity index (χ4v) is 3.14. The number of imidazole rings is 1. The molecule has 7 heteroatoms. The zero-order valence-electron chi connectivity index (χ0n) is 13.0. The van der Waals surface area contributed by atoms with Gasteiger partial charge in [0, 0.05) is 23.7 Å². The van der Waals surface area contributed by atoms with Crippen LogP contribution in [0.3, 0.4) is 0 Å². The first kappa shape index (κ1) is 16.1. The molecule has 0 aliphatic carbocycles. The topological polar surface area (TPSA) is 73.1 Å². The second kappa shape index (κ2) is 7.18. The summed E-state index contributed by atoms with van der Waals surface area (Å²) < 4.78 is 12.4. The lowest BCUT2D eigenvalue weighted by atomic mass is 10.2. The van der Waals surface area contributed by atoms with Crippen LogP contribution < -0.4 is 4.74 Å². The van der Waals surface area contributed by atoms with Gasteiger partial charge in [0.1, 0.15) is 12.4 Å². The zero-order chi connectivity index (χ0) is 16.9. The van der Waals surface area contributed by atoms with Gasteiger partial charge in [-0.05, 0) is 12.1 Å². The number of aliphatic carboxylic acids is 1. The lowest BCUT2D eigenvalue weighted by Crippen LogP contribution is -2.05. The van der Waals surface area contributed by atoms with Crippen molar-refractivity contribution in [3.63, 3.8) is 0 Å². The van der Waals surface area contributed by atoms with Crippen LogP contribution in [0.4, 0.5) is 0 Å². The van der Waals surface area contributed by atoms with Crippen LogP contribution in [0.2, 0.25) is 0 Å². The van der Waals surface area contributed by atoms with Crippen molar-refractivity contribution in [2.75, 3.05) is 7.11 Å². The maximum Gasteiger partial charge on any atom is 0.335 e. The number of hydrogen-bond donors (Lipinski definition) is 1. The van der Waals surface area contributed by atoms with Crippen molar-refractivity contribution in [3.05, 3.63) is 65.1 Å². The highest BCUT2D eigenvalue weighted by molar-refractivity contribution is 7.15. The van der Waals surface area contributed by atoms with Crippen molar-refractivity contribution in [2.24, 2.45) is 0 Å². The third kappa shape index (κ3) is 3.57. The molecule has 0 atom stereocenters. The molecule has 1 aromatic carbocycles. The van der Waals surface area contributed by atoms with E-state index >= 15 is 0 Å². The second-order valence-electron chi connectivity index (χ2n) is 5.07. The van der Waals surface area contributed by atoms with Gasteiger partial charge < -0.3 is 14.6 Å². The minimum Gasteiger partial charge on any atom is -0.504 e. The first-order chi connectivity index (χ1) is 11.7. The third-order valence-corrected chi connectivity index (χ3v) is 4.26. The molecule has 0 aliphatic heterocycles. The van der Waals surface area contributed by atoms with Crippen molar-refractivity contribution < 1.29 is 19.4 Å². The summed E-state index contributed by atoms with van der Waals surface area (Å²) in [5.41, 5.74) is 1.83. The van der Waals surface area contributed by atoms with Gasteiger partial charge in [0.25, 0.3) is 0 Å². The van der Waals surface area contributed by atoms with Gasteiger partial charge in [-0.25, -0.2) is 9.78 Å². The van der Waals surface area contributed by atoms with Crippen molar-refractivity contribution in [1.82, 2.24) is 9.38 Å². The van der Waals surface area contributed by atoms with E-state index in [-0.39, 0.29) is 12.0 Å². The zero-order valence-corrected chi connectivity index (χ0v) is 13.8. The molecule has 0 radical (unpaired) electrons. The SMILES string of the molecule is COC=C(Cc1csc2nc(COc3ccccc3)cn12)C(=O)O. The molecule has 0 fully saturated rings. The molecule has 24 heavy (non-hydrogen) atoms. The molecule has 0 bridgehead atoms. The van der Waals surface area contributed by atoms with Gasteiger partial charge in [0.15, 0.2) is 4.96 Å². The van der Waals surface area contributed by atoms with Crippen LogP contribution in [-0.4, -0.2) is 27.6 Å². The molecule has 2 aromatic heterocycles. The van der Waals surface area contributed by atoms with E-state index < -0.39 is 5.97 Å². The lowest BCUT2D eigenvalue weighted by molar-refractivity contribution is -0.132. The summed E-state index contributed by atoms with van der Waals surface area (Å²) in [5, 5.41) is 11.1. The van der Waals surface area contributed by atoms with Crippen molar-refractivity contribution in [2.45, 2.75) is 13.0 Å². The molecule has 0 unspecified atom stereocenters. The highest BCUT2D eigenvalue weighted by atomic mass is 32.1.